The van der Waals surface area contributed by atoms with Gasteiger partial charge in [0, 0.05) is 0 Å². The first-order valence-corrected chi connectivity index (χ1v) is 4.58. The summed E-state index contributed by atoms with van der Waals surface area (Å²) in [5.41, 5.74) is 0.273. The van der Waals surface area contributed by atoms with Gasteiger partial charge in [-0.05, 0) is 24.2 Å². The standard InChI is InChI=1S/C10H22O/c1-6-9(11)7-10(4,5)8(2)3/h8-9,11H,6-7H2,1-5H3. The Balaban J connectivity index is 3.90. The zero-order valence-corrected chi connectivity index (χ0v) is 8.52. The molecule has 1 N–H and O–H groups in total. The van der Waals surface area contributed by atoms with E-state index in [1.165, 1.54) is 0 Å². The van der Waals surface area contributed by atoms with E-state index in [0.29, 0.717) is 5.92 Å². The Morgan fingerprint density at radius 2 is 1.73 bits per heavy atom. The third-order valence-electron chi connectivity index (χ3n) is 2.80. The van der Waals surface area contributed by atoms with E-state index in [9.17, 15) is 5.11 Å². The highest BCUT2D eigenvalue weighted by Crippen LogP contribution is 2.31. The Kier molecular flexibility index (Phi) is 4.09. The molecule has 0 saturated carbocycles. The van der Waals surface area contributed by atoms with Gasteiger partial charge in [-0.1, -0.05) is 34.6 Å². The molecule has 0 aromatic rings. The van der Waals surface area contributed by atoms with Gasteiger partial charge < -0.3 is 5.11 Å². The summed E-state index contributed by atoms with van der Waals surface area (Å²) in [6, 6.07) is 0. The van der Waals surface area contributed by atoms with Crippen LogP contribution < -0.4 is 0 Å². The van der Waals surface area contributed by atoms with Crippen molar-refractivity contribution in [1.82, 2.24) is 0 Å². The molecule has 0 heterocycles. The van der Waals surface area contributed by atoms with E-state index < -0.39 is 0 Å². The molecule has 68 valence electrons. The highest BCUT2D eigenvalue weighted by atomic mass is 16.3. The van der Waals surface area contributed by atoms with E-state index in [4.69, 9.17) is 0 Å². The highest BCUT2D eigenvalue weighted by molar-refractivity contribution is 4.75. The van der Waals surface area contributed by atoms with Crippen LogP contribution in [0.2, 0.25) is 0 Å². The van der Waals surface area contributed by atoms with E-state index in [0.717, 1.165) is 12.8 Å². The van der Waals surface area contributed by atoms with Crippen molar-refractivity contribution < 1.29 is 5.11 Å². The van der Waals surface area contributed by atoms with Gasteiger partial charge in [0.15, 0.2) is 0 Å². The second-order valence-electron chi connectivity index (χ2n) is 4.41. The van der Waals surface area contributed by atoms with Gasteiger partial charge in [-0.2, -0.15) is 0 Å². The van der Waals surface area contributed by atoms with E-state index in [1.54, 1.807) is 0 Å². The molecular weight excluding hydrogens is 136 g/mol. The lowest BCUT2D eigenvalue weighted by Gasteiger charge is -2.31. The van der Waals surface area contributed by atoms with Crippen molar-refractivity contribution in [3.8, 4) is 0 Å². The summed E-state index contributed by atoms with van der Waals surface area (Å²) in [4.78, 5) is 0. The van der Waals surface area contributed by atoms with Gasteiger partial charge in [0.25, 0.3) is 0 Å². The molecule has 1 nitrogen and oxygen atoms in total. The Morgan fingerprint density at radius 1 is 1.27 bits per heavy atom. The van der Waals surface area contributed by atoms with E-state index >= 15 is 0 Å². The summed E-state index contributed by atoms with van der Waals surface area (Å²) in [5.74, 6) is 0.642. The minimum Gasteiger partial charge on any atom is -0.393 e. The highest BCUT2D eigenvalue weighted by Gasteiger charge is 2.24. The molecule has 0 aromatic carbocycles. The third-order valence-corrected chi connectivity index (χ3v) is 2.80. The number of aliphatic hydroxyl groups excluding tert-OH is 1. The molecular formula is C10H22O. The average Bonchev–Trinajstić information content (AvgIpc) is 1.86. The van der Waals surface area contributed by atoms with Crippen LogP contribution in [-0.4, -0.2) is 11.2 Å². The minimum atomic E-state index is -0.118. The lowest BCUT2D eigenvalue weighted by Crippen LogP contribution is -2.25. The largest absolute Gasteiger partial charge is 0.393 e. The zero-order valence-electron chi connectivity index (χ0n) is 8.52. The summed E-state index contributed by atoms with van der Waals surface area (Å²) >= 11 is 0. The molecule has 0 fully saturated rings. The predicted molar refractivity (Wildman–Crippen MR) is 49.5 cm³/mol. The van der Waals surface area contributed by atoms with Crippen LogP contribution in [0.3, 0.4) is 0 Å². The fourth-order valence-corrected chi connectivity index (χ4v) is 0.987. The molecule has 0 aliphatic rings. The van der Waals surface area contributed by atoms with Crippen LogP contribution in [0.5, 0.6) is 0 Å². The Labute approximate surface area is 70.8 Å². The Hall–Kier alpha value is -0.0400. The first-order valence-electron chi connectivity index (χ1n) is 4.58. The molecule has 0 aliphatic heterocycles. The molecule has 0 rings (SSSR count). The van der Waals surface area contributed by atoms with Gasteiger partial charge in [-0.25, -0.2) is 0 Å². The SMILES string of the molecule is CCC(O)CC(C)(C)C(C)C. The molecule has 0 amide bonds. The first kappa shape index (κ1) is 11.0. The fourth-order valence-electron chi connectivity index (χ4n) is 0.987. The van der Waals surface area contributed by atoms with Crippen LogP contribution in [0, 0.1) is 11.3 Å². The smallest absolute Gasteiger partial charge is 0.0542 e. The summed E-state index contributed by atoms with van der Waals surface area (Å²) in [5, 5.41) is 9.44. The molecule has 0 saturated heterocycles. The van der Waals surface area contributed by atoms with Crippen molar-refractivity contribution in [3.05, 3.63) is 0 Å². The van der Waals surface area contributed by atoms with Crippen molar-refractivity contribution in [2.24, 2.45) is 11.3 Å². The molecule has 1 unspecified atom stereocenters. The van der Waals surface area contributed by atoms with Crippen LogP contribution >= 0.6 is 0 Å². The topological polar surface area (TPSA) is 20.2 Å². The molecule has 1 atom stereocenters. The van der Waals surface area contributed by atoms with Crippen LogP contribution in [0.15, 0.2) is 0 Å². The van der Waals surface area contributed by atoms with Crippen LogP contribution in [0.25, 0.3) is 0 Å². The van der Waals surface area contributed by atoms with Crippen molar-refractivity contribution >= 4 is 0 Å². The lowest BCUT2D eigenvalue weighted by atomic mass is 9.76. The van der Waals surface area contributed by atoms with Gasteiger partial charge in [0.2, 0.25) is 0 Å². The monoisotopic (exact) mass is 158 g/mol. The number of rotatable bonds is 4. The van der Waals surface area contributed by atoms with Gasteiger partial charge >= 0.3 is 0 Å². The van der Waals surface area contributed by atoms with Crippen molar-refractivity contribution in [2.75, 3.05) is 0 Å². The summed E-state index contributed by atoms with van der Waals surface area (Å²) in [6.07, 6.45) is 1.67. The van der Waals surface area contributed by atoms with E-state index in [2.05, 4.69) is 27.7 Å². The molecule has 0 radical (unpaired) electrons. The normalized spacial score (nSPS) is 15.5. The molecule has 0 aromatic heterocycles. The molecule has 1 heteroatoms. The molecule has 11 heavy (non-hydrogen) atoms. The maximum atomic E-state index is 9.44. The van der Waals surface area contributed by atoms with Crippen molar-refractivity contribution in [1.29, 1.82) is 0 Å². The molecule has 0 bridgehead atoms. The van der Waals surface area contributed by atoms with Crippen molar-refractivity contribution in [3.63, 3.8) is 0 Å². The zero-order chi connectivity index (χ0) is 9.07. The second kappa shape index (κ2) is 4.10. The average molecular weight is 158 g/mol. The minimum absolute atomic E-state index is 0.118. The fraction of sp³-hybridized carbons (Fsp3) is 1.00. The predicted octanol–water partition coefficient (Wildman–Crippen LogP) is 2.83. The molecule has 0 aliphatic carbocycles. The van der Waals surface area contributed by atoms with Crippen LogP contribution in [0.4, 0.5) is 0 Å². The quantitative estimate of drug-likeness (QED) is 0.667. The van der Waals surface area contributed by atoms with Crippen LogP contribution in [0.1, 0.15) is 47.5 Å². The van der Waals surface area contributed by atoms with Gasteiger partial charge in [-0.15, -0.1) is 0 Å². The van der Waals surface area contributed by atoms with Gasteiger partial charge in [-0.3, -0.25) is 0 Å². The molecule has 0 spiro atoms. The van der Waals surface area contributed by atoms with Gasteiger partial charge in [0.05, 0.1) is 6.10 Å². The maximum absolute atomic E-state index is 9.44. The lowest BCUT2D eigenvalue weighted by molar-refractivity contribution is 0.0862. The number of hydrogen-bond donors (Lipinski definition) is 1. The first-order chi connectivity index (χ1) is 4.90. The van der Waals surface area contributed by atoms with Crippen molar-refractivity contribution in [2.45, 2.75) is 53.6 Å². The number of hydrogen-bond acceptors (Lipinski definition) is 1. The van der Waals surface area contributed by atoms with E-state index in [-0.39, 0.29) is 11.5 Å². The summed E-state index contributed by atoms with van der Waals surface area (Å²) < 4.78 is 0. The van der Waals surface area contributed by atoms with E-state index in [1.807, 2.05) is 6.92 Å². The summed E-state index contributed by atoms with van der Waals surface area (Å²) in [6.45, 7) is 10.9. The summed E-state index contributed by atoms with van der Waals surface area (Å²) in [7, 11) is 0. The van der Waals surface area contributed by atoms with Gasteiger partial charge in [0.1, 0.15) is 0 Å². The Morgan fingerprint density at radius 3 is 2.00 bits per heavy atom. The Bertz CT molecular complexity index is 105. The maximum Gasteiger partial charge on any atom is 0.0542 e. The third kappa shape index (κ3) is 3.76. The second-order valence-corrected chi connectivity index (χ2v) is 4.41. The van der Waals surface area contributed by atoms with Crippen LogP contribution in [-0.2, 0) is 0 Å². The number of aliphatic hydroxyl groups is 1.